The van der Waals surface area contributed by atoms with Crippen LogP contribution in [-0.4, -0.2) is 50.3 Å². The number of carbonyl (C=O) groups excluding carboxylic acids is 1. The zero-order valence-electron chi connectivity index (χ0n) is 14.6. The number of benzene rings is 2. The molecule has 0 spiro atoms. The standard InChI is InChI=1S/C20H23ClN2O3/c21-18-14-17(6-7-19(18)26-11-1-8-22)15-2-4-16(5-3-15)20(24)23-9-12-25-13-10-23/h2-7,14H,1,8-13,22H2. The summed E-state index contributed by atoms with van der Waals surface area (Å²) < 4.78 is 10.9. The molecule has 1 saturated heterocycles. The average Bonchev–Trinajstić information content (AvgIpc) is 2.69. The van der Waals surface area contributed by atoms with E-state index >= 15 is 0 Å². The molecule has 26 heavy (non-hydrogen) atoms. The van der Waals surface area contributed by atoms with E-state index in [0.717, 1.165) is 17.5 Å². The van der Waals surface area contributed by atoms with Gasteiger partial charge in [0.2, 0.25) is 0 Å². The smallest absolute Gasteiger partial charge is 0.254 e. The van der Waals surface area contributed by atoms with Gasteiger partial charge in [0.15, 0.2) is 0 Å². The van der Waals surface area contributed by atoms with Gasteiger partial charge in [-0.25, -0.2) is 0 Å². The van der Waals surface area contributed by atoms with Crippen LogP contribution >= 0.6 is 11.6 Å². The van der Waals surface area contributed by atoms with Gasteiger partial charge in [0.25, 0.3) is 5.91 Å². The lowest BCUT2D eigenvalue weighted by Gasteiger charge is -2.26. The Morgan fingerprint density at radius 1 is 1.12 bits per heavy atom. The predicted octanol–water partition coefficient (Wildman–Crippen LogP) is 3.21. The summed E-state index contributed by atoms with van der Waals surface area (Å²) in [7, 11) is 0. The lowest BCUT2D eigenvalue weighted by Crippen LogP contribution is -2.40. The van der Waals surface area contributed by atoms with E-state index in [-0.39, 0.29) is 5.91 Å². The second kappa shape index (κ2) is 9.03. The molecule has 0 saturated carbocycles. The van der Waals surface area contributed by atoms with E-state index < -0.39 is 0 Å². The van der Waals surface area contributed by atoms with Crippen LogP contribution in [0.4, 0.5) is 0 Å². The first-order chi connectivity index (χ1) is 12.7. The minimum Gasteiger partial charge on any atom is -0.492 e. The quantitative estimate of drug-likeness (QED) is 0.788. The van der Waals surface area contributed by atoms with Crippen LogP contribution in [0.5, 0.6) is 5.75 Å². The zero-order valence-corrected chi connectivity index (χ0v) is 15.4. The van der Waals surface area contributed by atoms with Gasteiger partial charge in [-0.2, -0.15) is 0 Å². The van der Waals surface area contributed by atoms with E-state index in [9.17, 15) is 4.79 Å². The van der Waals surface area contributed by atoms with E-state index in [2.05, 4.69) is 0 Å². The Bertz CT molecular complexity index is 743. The van der Waals surface area contributed by atoms with E-state index in [4.69, 9.17) is 26.8 Å². The van der Waals surface area contributed by atoms with Crippen LogP contribution in [0, 0.1) is 0 Å². The number of hydrogen-bond donors (Lipinski definition) is 1. The van der Waals surface area contributed by atoms with Crippen molar-refractivity contribution in [2.45, 2.75) is 6.42 Å². The molecule has 1 heterocycles. The highest BCUT2D eigenvalue weighted by Gasteiger charge is 2.18. The molecule has 5 nitrogen and oxygen atoms in total. The Morgan fingerprint density at radius 3 is 2.46 bits per heavy atom. The molecule has 1 fully saturated rings. The first kappa shape index (κ1) is 18.7. The fourth-order valence-electron chi connectivity index (χ4n) is 2.82. The van der Waals surface area contributed by atoms with Crippen LogP contribution in [0.15, 0.2) is 42.5 Å². The maximum atomic E-state index is 12.5. The number of hydrogen-bond acceptors (Lipinski definition) is 4. The van der Waals surface area contributed by atoms with Crippen molar-refractivity contribution < 1.29 is 14.3 Å². The third-order valence-electron chi connectivity index (χ3n) is 4.30. The molecule has 2 N–H and O–H groups in total. The summed E-state index contributed by atoms with van der Waals surface area (Å²) in [5, 5.41) is 0.563. The molecule has 1 amide bonds. The van der Waals surface area contributed by atoms with Crippen molar-refractivity contribution in [3.8, 4) is 16.9 Å². The number of carbonyl (C=O) groups is 1. The summed E-state index contributed by atoms with van der Waals surface area (Å²) in [4.78, 5) is 14.3. The summed E-state index contributed by atoms with van der Waals surface area (Å²) >= 11 is 6.31. The van der Waals surface area contributed by atoms with Crippen molar-refractivity contribution in [1.29, 1.82) is 0 Å². The molecule has 0 bridgehead atoms. The molecule has 0 unspecified atom stereocenters. The van der Waals surface area contributed by atoms with Crippen LogP contribution in [-0.2, 0) is 4.74 Å². The van der Waals surface area contributed by atoms with E-state index in [1.807, 2.05) is 47.4 Å². The predicted molar refractivity (Wildman–Crippen MR) is 103 cm³/mol. The zero-order chi connectivity index (χ0) is 18.4. The van der Waals surface area contributed by atoms with E-state index in [0.29, 0.717) is 55.8 Å². The molecule has 138 valence electrons. The number of ether oxygens (including phenoxy) is 2. The van der Waals surface area contributed by atoms with Crippen LogP contribution in [0.25, 0.3) is 11.1 Å². The molecule has 1 aliphatic rings. The first-order valence-electron chi connectivity index (χ1n) is 8.79. The van der Waals surface area contributed by atoms with Crippen LogP contribution in [0.2, 0.25) is 5.02 Å². The van der Waals surface area contributed by atoms with Gasteiger partial charge in [-0.3, -0.25) is 4.79 Å². The lowest BCUT2D eigenvalue weighted by molar-refractivity contribution is 0.0303. The second-order valence-electron chi connectivity index (χ2n) is 6.12. The molecule has 2 aromatic carbocycles. The van der Waals surface area contributed by atoms with Crippen molar-refractivity contribution >= 4 is 17.5 Å². The van der Waals surface area contributed by atoms with Crippen molar-refractivity contribution in [1.82, 2.24) is 4.90 Å². The van der Waals surface area contributed by atoms with Gasteiger partial charge in [0.05, 0.1) is 24.8 Å². The number of nitrogens with zero attached hydrogens (tertiary/aromatic N) is 1. The maximum absolute atomic E-state index is 12.5. The molecule has 2 aromatic rings. The van der Waals surface area contributed by atoms with Gasteiger partial charge in [-0.15, -0.1) is 0 Å². The molecule has 1 aliphatic heterocycles. The van der Waals surface area contributed by atoms with E-state index in [1.54, 1.807) is 0 Å². The average molecular weight is 375 g/mol. The Hall–Kier alpha value is -2.08. The van der Waals surface area contributed by atoms with Crippen LogP contribution in [0.1, 0.15) is 16.8 Å². The molecule has 6 heteroatoms. The topological polar surface area (TPSA) is 64.8 Å². The van der Waals surface area contributed by atoms with Crippen LogP contribution < -0.4 is 10.5 Å². The van der Waals surface area contributed by atoms with Crippen LogP contribution in [0.3, 0.4) is 0 Å². The Morgan fingerprint density at radius 2 is 1.81 bits per heavy atom. The third-order valence-corrected chi connectivity index (χ3v) is 4.60. The Balaban J connectivity index is 1.70. The van der Waals surface area contributed by atoms with Gasteiger partial charge in [-0.1, -0.05) is 29.8 Å². The second-order valence-corrected chi connectivity index (χ2v) is 6.53. The van der Waals surface area contributed by atoms with E-state index in [1.165, 1.54) is 0 Å². The number of nitrogens with two attached hydrogens (primary N) is 1. The summed E-state index contributed by atoms with van der Waals surface area (Å²) in [6, 6.07) is 13.3. The summed E-state index contributed by atoms with van der Waals surface area (Å²) in [5.74, 6) is 0.699. The highest BCUT2D eigenvalue weighted by atomic mass is 35.5. The summed E-state index contributed by atoms with van der Waals surface area (Å²) in [6.07, 6.45) is 0.788. The van der Waals surface area contributed by atoms with Gasteiger partial charge in [0, 0.05) is 18.7 Å². The van der Waals surface area contributed by atoms with Gasteiger partial charge in [0.1, 0.15) is 5.75 Å². The molecule has 0 radical (unpaired) electrons. The molecule has 3 rings (SSSR count). The monoisotopic (exact) mass is 374 g/mol. The number of halogens is 1. The maximum Gasteiger partial charge on any atom is 0.254 e. The van der Waals surface area contributed by atoms with Crippen molar-refractivity contribution in [2.24, 2.45) is 5.73 Å². The third kappa shape index (κ3) is 4.55. The first-order valence-corrected chi connectivity index (χ1v) is 9.16. The Labute approximate surface area is 158 Å². The highest BCUT2D eigenvalue weighted by molar-refractivity contribution is 6.32. The highest BCUT2D eigenvalue weighted by Crippen LogP contribution is 2.30. The van der Waals surface area contributed by atoms with Gasteiger partial charge >= 0.3 is 0 Å². The molecule has 0 aromatic heterocycles. The van der Waals surface area contributed by atoms with Gasteiger partial charge in [-0.05, 0) is 48.4 Å². The fraction of sp³-hybridized carbons (Fsp3) is 0.350. The number of morpholine rings is 1. The molecule has 0 aliphatic carbocycles. The SMILES string of the molecule is NCCCOc1ccc(-c2ccc(C(=O)N3CCOCC3)cc2)cc1Cl. The fourth-order valence-corrected chi connectivity index (χ4v) is 3.05. The largest absolute Gasteiger partial charge is 0.492 e. The summed E-state index contributed by atoms with van der Waals surface area (Å²) in [5.41, 5.74) is 8.13. The van der Waals surface area contributed by atoms with Gasteiger partial charge < -0.3 is 20.1 Å². The minimum absolute atomic E-state index is 0.0431. The van der Waals surface area contributed by atoms with Crippen molar-refractivity contribution in [3.63, 3.8) is 0 Å². The number of amides is 1. The van der Waals surface area contributed by atoms with Crippen molar-refractivity contribution in [3.05, 3.63) is 53.1 Å². The molecule has 0 atom stereocenters. The Kier molecular flexibility index (Phi) is 6.50. The molecular formula is C20H23ClN2O3. The number of rotatable bonds is 6. The minimum atomic E-state index is 0.0431. The summed E-state index contributed by atoms with van der Waals surface area (Å²) in [6.45, 7) is 3.62. The van der Waals surface area contributed by atoms with Crippen molar-refractivity contribution in [2.75, 3.05) is 39.5 Å². The normalized spacial score (nSPS) is 14.3. The molecular weight excluding hydrogens is 352 g/mol. The lowest BCUT2D eigenvalue weighted by atomic mass is 10.0.